The largest absolute Gasteiger partial charge is 0.494 e. The molecule has 0 atom stereocenters. The summed E-state index contributed by atoms with van der Waals surface area (Å²) in [6.07, 6.45) is -10.7. The third-order valence-electron chi connectivity index (χ3n) is 5.08. The molecule has 1 heterocycles. The SMILES string of the molecule is CCCCOc1ccc2nc(NC(NC(=O)CCc3ccccc3)(C(F)(F)F)C(F)(F)F)sc2c1. The van der Waals surface area contributed by atoms with E-state index in [0.29, 0.717) is 34.0 Å². The monoisotopic (exact) mass is 519 g/mol. The molecule has 0 unspecified atom stereocenters. The van der Waals surface area contributed by atoms with E-state index in [-0.39, 0.29) is 11.9 Å². The van der Waals surface area contributed by atoms with Crippen LogP contribution in [0.15, 0.2) is 48.5 Å². The van der Waals surface area contributed by atoms with E-state index < -0.39 is 35.5 Å². The molecule has 0 radical (unpaired) electrons. The van der Waals surface area contributed by atoms with Crippen LogP contribution in [-0.4, -0.2) is 35.5 Å². The van der Waals surface area contributed by atoms with Crippen LogP contribution >= 0.6 is 11.3 Å². The Balaban J connectivity index is 1.86. The van der Waals surface area contributed by atoms with E-state index in [1.165, 1.54) is 23.5 Å². The molecule has 0 spiro atoms. The summed E-state index contributed by atoms with van der Waals surface area (Å²) < 4.78 is 89.5. The first-order chi connectivity index (χ1) is 16.4. The normalized spacial score (nSPS) is 12.5. The second-order valence-corrected chi connectivity index (χ2v) is 8.79. The predicted octanol–water partition coefficient (Wildman–Crippen LogP) is 6.46. The van der Waals surface area contributed by atoms with Crippen molar-refractivity contribution in [3.8, 4) is 5.75 Å². The molecule has 1 aromatic heterocycles. The van der Waals surface area contributed by atoms with Gasteiger partial charge < -0.3 is 15.4 Å². The van der Waals surface area contributed by atoms with Gasteiger partial charge in [0.1, 0.15) is 5.75 Å². The molecule has 0 bridgehead atoms. The predicted molar refractivity (Wildman–Crippen MR) is 121 cm³/mol. The molecule has 12 heteroatoms. The number of nitrogens with one attached hydrogen (secondary N) is 2. The molecule has 190 valence electrons. The summed E-state index contributed by atoms with van der Waals surface area (Å²) in [6.45, 7) is 2.40. The molecule has 35 heavy (non-hydrogen) atoms. The first-order valence-corrected chi connectivity index (χ1v) is 11.6. The molecule has 3 rings (SSSR count). The van der Waals surface area contributed by atoms with Gasteiger partial charge in [-0.15, -0.1) is 0 Å². The number of thiazole rings is 1. The number of carbonyl (C=O) groups is 1. The Hall–Kier alpha value is -3.02. The van der Waals surface area contributed by atoms with Crippen LogP contribution in [-0.2, 0) is 11.2 Å². The quantitative estimate of drug-likeness (QED) is 0.183. The fourth-order valence-electron chi connectivity index (χ4n) is 3.19. The summed E-state index contributed by atoms with van der Waals surface area (Å²) in [5.41, 5.74) is -3.93. The van der Waals surface area contributed by atoms with Crippen molar-refractivity contribution in [2.45, 2.75) is 50.6 Å². The number of unbranched alkanes of at least 4 members (excludes halogenated alkanes) is 1. The Kier molecular flexibility index (Phi) is 8.14. The molecule has 2 N–H and O–H groups in total. The number of alkyl halides is 6. The molecule has 3 aromatic rings. The van der Waals surface area contributed by atoms with Crippen LogP contribution in [0.1, 0.15) is 31.7 Å². The zero-order chi connectivity index (χ0) is 25.7. The van der Waals surface area contributed by atoms with E-state index in [1.807, 2.05) is 6.92 Å². The van der Waals surface area contributed by atoms with Crippen molar-refractivity contribution in [2.24, 2.45) is 0 Å². The second-order valence-electron chi connectivity index (χ2n) is 7.75. The van der Waals surface area contributed by atoms with Crippen molar-refractivity contribution in [3.05, 3.63) is 54.1 Å². The highest BCUT2D eigenvalue weighted by molar-refractivity contribution is 7.22. The van der Waals surface area contributed by atoms with Crippen molar-refractivity contribution >= 4 is 32.6 Å². The highest BCUT2D eigenvalue weighted by Crippen LogP contribution is 2.44. The minimum Gasteiger partial charge on any atom is -0.494 e. The van der Waals surface area contributed by atoms with Gasteiger partial charge in [0, 0.05) is 6.42 Å². The van der Waals surface area contributed by atoms with Gasteiger partial charge in [-0.05, 0) is 36.6 Å². The summed E-state index contributed by atoms with van der Waals surface area (Å²) in [6, 6.07) is 12.7. The topological polar surface area (TPSA) is 63.2 Å². The lowest BCUT2D eigenvalue weighted by molar-refractivity contribution is -0.295. The van der Waals surface area contributed by atoms with Crippen LogP contribution in [0.25, 0.3) is 10.2 Å². The lowest BCUT2D eigenvalue weighted by Gasteiger charge is -2.38. The average molecular weight is 520 g/mol. The maximum absolute atomic E-state index is 13.9. The Morgan fingerprint density at radius 3 is 2.34 bits per heavy atom. The molecular formula is C23H23F6N3O2S. The number of carbonyl (C=O) groups excluding carboxylic acids is 1. The molecule has 5 nitrogen and oxygen atoms in total. The number of amides is 1. The van der Waals surface area contributed by atoms with E-state index in [9.17, 15) is 31.1 Å². The summed E-state index contributed by atoms with van der Waals surface area (Å²) in [7, 11) is 0. The van der Waals surface area contributed by atoms with Crippen LogP contribution in [0.4, 0.5) is 31.5 Å². The van der Waals surface area contributed by atoms with Gasteiger partial charge in [-0.3, -0.25) is 4.79 Å². The fraction of sp³-hybridized carbons (Fsp3) is 0.391. The third-order valence-corrected chi connectivity index (χ3v) is 6.02. The summed E-state index contributed by atoms with van der Waals surface area (Å²) in [5, 5.41) is 1.96. The molecule has 1 amide bonds. The molecule has 0 saturated heterocycles. The molecule has 0 fully saturated rings. The van der Waals surface area contributed by atoms with Gasteiger partial charge in [-0.25, -0.2) is 4.98 Å². The summed E-state index contributed by atoms with van der Waals surface area (Å²) in [5.74, 6) is -0.989. The van der Waals surface area contributed by atoms with Crippen LogP contribution in [0.2, 0.25) is 0 Å². The molecule has 0 aliphatic heterocycles. The Bertz CT molecular complexity index is 1120. The van der Waals surface area contributed by atoms with Crippen molar-refractivity contribution in [2.75, 3.05) is 11.9 Å². The number of aryl methyl sites for hydroxylation is 1. The number of halogens is 6. The number of hydrogen-bond donors (Lipinski definition) is 2. The lowest BCUT2D eigenvalue weighted by atomic mass is 10.1. The summed E-state index contributed by atoms with van der Waals surface area (Å²) >= 11 is 0.594. The van der Waals surface area contributed by atoms with Gasteiger partial charge in [0.05, 0.1) is 16.8 Å². The number of rotatable bonds is 10. The smallest absolute Gasteiger partial charge is 0.439 e. The maximum Gasteiger partial charge on any atom is 0.439 e. The highest BCUT2D eigenvalue weighted by atomic mass is 32.1. The van der Waals surface area contributed by atoms with Gasteiger partial charge in [0.25, 0.3) is 0 Å². The highest BCUT2D eigenvalue weighted by Gasteiger charge is 2.73. The van der Waals surface area contributed by atoms with Crippen LogP contribution in [0.5, 0.6) is 5.75 Å². The lowest BCUT2D eigenvalue weighted by Crippen LogP contribution is -2.72. The van der Waals surface area contributed by atoms with E-state index in [1.54, 1.807) is 30.3 Å². The second kappa shape index (κ2) is 10.7. The zero-order valence-corrected chi connectivity index (χ0v) is 19.4. The first-order valence-electron chi connectivity index (χ1n) is 10.7. The van der Waals surface area contributed by atoms with Crippen molar-refractivity contribution in [3.63, 3.8) is 0 Å². The van der Waals surface area contributed by atoms with Gasteiger partial charge in [0.2, 0.25) is 5.91 Å². The molecule has 0 saturated carbocycles. The van der Waals surface area contributed by atoms with Crippen molar-refractivity contribution in [1.82, 2.24) is 10.3 Å². The first kappa shape index (κ1) is 26.6. The zero-order valence-electron chi connectivity index (χ0n) is 18.6. The fourth-order valence-corrected chi connectivity index (χ4v) is 4.14. The third kappa shape index (κ3) is 6.36. The summed E-state index contributed by atoms with van der Waals surface area (Å²) in [4.78, 5) is 16.1. The number of hydrogen-bond acceptors (Lipinski definition) is 5. The number of nitrogens with zero attached hydrogens (tertiary/aromatic N) is 1. The van der Waals surface area contributed by atoms with E-state index in [0.717, 1.165) is 18.2 Å². The maximum atomic E-state index is 13.9. The minimum atomic E-state index is -5.92. The van der Waals surface area contributed by atoms with Crippen molar-refractivity contribution < 1.29 is 35.9 Å². The van der Waals surface area contributed by atoms with Gasteiger partial charge >= 0.3 is 18.0 Å². The van der Waals surface area contributed by atoms with E-state index in [4.69, 9.17) is 4.74 Å². The average Bonchev–Trinajstić information content (AvgIpc) is 3.18. The molecule has 0 aliphatic rings. The van der Waals surface area contributed by atoms with Crippen molar-refractivity contribution in [1.29, 1.82) is 0 Å². The number of fused-ring (bicyclic) bond motifs is 1. The number of benzene rings is 2. The van der Waals surface area contributed by atoms with E-state index >= 15 is 0 Å². The Morgan fingerprint density at radius 2 is 1.71 bits per heavy atom. The van der Waals surface area contributed by atoms with Crippen LogP contribution in [0, 0.1) is 0 Å². The molecular weight excluding hydrogens is 496 g/mol. The van der Waals surface area contributed by atoms with Crippen LogP contribution < -0.4 is 15.4 Å². The van der Waals surface area contributed by atoms with Gasteiger partial charge in [-0.1, -0.05) is 55.0 Å². The van der Waals surface area contributed by atoms with Gasteiger partial charge in [-0.2, -0.15) is 26.3 Å². The van der Waals surface area contributed by atoms with Gasteiger partial charge in [0.15, 0.2) is 5.13 Å². The standard InChI is InChI=1S/C23H23F6N3O2S/c1-2-3-13-34-16-10-11-17-18(14-16)35-20(30-17)32-21(22(24,25)26,23(27,28)29)31-19(33)12-9-15-7-5-4-6-8-15/h4-8,10-11,14H,2-3,9,12-13H2,1H3,(H,30,32)(H,31,33). The minimum absolute atomic E-state index is 0.0274. The molecule has 0 aliphatic carbocycles. The Morgan fingerprint density at radius 1 is 1.03 bits per heavy atom. The molecule has 2 aromatic carbocycles. The number of ether oxygens (including phenoxy) is 1. The van der Waals surface area contributed by atoms with E-state index in [2.05, 4.69) is 4.98 Å². The number of aromatic nitrogens is 1. The number of anilines is 1. The van der Waals surface area contributed by atoms with Crippen LogP contribution in [0.3, 0.4) is 0 Å². The Labute approximate surface area is 201 Å².